The third-order valence-corrected chi connectivity index (χ3v) is 2.01. The average Bonchev–Trinajstić information content (AvgIpc) is 2.25. The van der Waals surface area contributed by atoms with Gasteiger partial charge in [0.2, 0.25) is 0 Å². The Hall–Kier alpha value is -1.08. The number of allylic oxidation sites excluding steroid dienone is 2. The highest BCUT2D eigenvalue weighted by Crippen LogP contribution is 2.01. The lowest BCUT2D eigenvalue weighted by Crippen LogP contribution is -1.94. The van der Waals surface area contributed by atoms with E-state index in [1.165, 1.54) is 5.56 Å². The molecular weight excluding hydrogens is 172 g/mol. The van der Waals surface area contributed by atoms with Crippen LogP contribution in [-0.4, -0.2) is 6.61 Å². The van der Waals surface area contributed by atoms with E-state index in [0.29, 0.717) is 0 Å². The Bertz CT molecular complexity index is 251. The molecule has 1 rings (SSSR count). The van der Waals surface area contributed by atoms with Crippen LogP contribution in [0.5, 0.6) is 0 Å². The first-order valence-electron chi connectivity index (χ1n) is 5.16. The number of ether oxygens (including phenoxy) is 1. The molecule has 0 saturated heterocycles. The number of benzene rings is 1. The molecule has 76 valence electrons. The van der Waals surface area contributed by atoms with Crippen molar-refractivity contribution in [1.29, 1.82) is 0 Å². The van der Waals surface area contributed by atoms with Crippen molar-refractivity contribution in [3.05, 3.63) is 48.0 Å². The van der Waals surface area contributed by atoms with E-state index in [1.54, 1.807) is 0 Å². The van der Waals surface area contributed by atoms with Gasteiger partial charge in [-0.3, -0.25) is 0 Å². The summed E-state index contributed by atoms with van der Waals surface area (Å²) in [4.78, 5) is 0. The Morgan fingerprint density at radius 1 is 1.21 bits per heavy atom. The van der Waals surface area contributed by atoms with Crippen LogP contribution in [-0.2, 0) is 11.3 Å². The third-order valence-electron chi connectivity index (χ3n) is 2.01. The zero-order chi connectivity index (χ0) is 10.1. The van der Waals surface area contributed by atoms with Crippen LogP contribution in [0.4, 0.5) is 0 Å². The highest BCUT2D eigenvalue weighted by Gasteiger charge is 1.90. The predicted molar refractivity (Wildman–Crippen MR) is 60.1 cm³/mol. The van der Waals surface area contributed by atoms with E-state index < -0.39 is 0 Å². The fraction of sp³-hybridized carbons (Fsp3) is 0.385. The summed E-state index contributed by atoms with van der Waals surface area (Å²) in [5.41, 5.74) is 1.25. The summed E-state index contributed by atoms with van der Waals surface area (Å²) in [7, 11) is 0. The van der Waals surface area contributed by atoms with Crippen LogP contribution >= 0.6 is 0 Å². The molecule has 1 nitrogen and oxygen atoms in total. The SMILES string of the molecule is CC=CCCCOCc1ccccc1. The van der Waals surface area contributed by atoms with Crippen LogP contribution in [0.2, 0.25) is 0 Å². The van der Waals surface area contributed by atoms with Crippen LogP contribution in [0, 0.1) is 0 Å². The van der Waals surface area contributed by atoms with Crippen molar-refractivity contribution < 1.29 is 4.74 Å². The van der Waals surface area contributed by atoms with E-state index in [2.05, 4.69) is 24.3 Å². The van der Waals surface area contributed by atoms with Crippen LogP contribution < -0.4 is 0 Å². The second-order valence-corrected chi connectivity index (χ2v) is 3.25. The highest BCUT2D eigenvalue weighted by atomic mass is 16.5. The zero-order valence-electron chi connectivity index (χ0n) is 8.78. The molecule has 0 aliphatic heterocycles. The molecule has 0 aliphatic rings. The molecule has 0 aromatic heterocycles. The van der Waals surface area contributed by atoms with E-state index in [9.17, 15) is 0 Å². The summed E-state index contributed by atoms with van der Waals surface area (Å²) in [6.45, 7) is 3.63. The van der Waals surface area contributed by atoms with Crippen LogP contribution in [0.1, 0.15) is 25.3 Å². The molecule has 0 heterocycles. The van der Waals surface area contributed by atoms with Crippen molar-refractivity contribution in [3.8, 4) is 0 Å². The van der Waals surface area contributed by atoms with Gasteiger partial charge in [-0.2, -0.15) is 0 Å². The van der Waals surface area contributed by atoms with Crippen LogP contribution in [0.3, 0.4) is 0 Å². The minimum Gasteiger partial charge on any atom is -0.377 e. The third kappa shape index (κ3) is 4.83. The van der Waals surface area contributed by atoms with Gasteiger partial charge in [-0.25, -0.2) is 0 Å². The Labute approximate surface area is 86.4 Å². The molecule has 0 amide bonds. The van der Waals surface area contributed by atoms with Gasteiger partial charge in [0.15, 0.2) is 0 Å². The van der Waals surface area contributed by atoms with Crippen LogP contribution in [0.25, 0.3) is 0 Å². The lowest BCUT2D eigenvalue weighted by molar-refractivity contribution is 0.119. The average molecular weight is 190 g/mol. The smallest absolute Gasteiger partial charge is 0.0716 e. The molecule has 1 heteroatoms. The molecule has 1 aromatic carbocycles. The number of hydrogen-bond acceptors (Lipinski definition) is 1. The first kappa shape index (κ1) is 11.0. The van der Waals surface area contributed by atoms with Gasteiger partial charge in [0.1, 0.15) is 0 Å². The summed E-state index contributed by atoms with van der Waals surface area (Å²) in [6, 6.07) is 10.3. The van der Waals surface area contributed by atoms with Gasteiger partial charge in [0, 0.05) is 6.61 Å². The standard InChI is InChI=1S/C13H18O/c1-2-3-4-8-11-14-12-13-9-6-5-7-10-13/h2-3,5-7,9-10H,4,8,11-12H2,1H3. The van der Waals surface area contributed by atoms with E-state index in [-0.39, 0.29) is 0 Å². The molecule has 0 saturated carbocycles. The maximum Gasteiger partial charge on any atom is 0.0716 e. The Morgan fingerprint density at radius 2 is 2.00 bits per heavy atom. The van der Waals surface area contributed by atoms with Gasteiger partial charge in [0.05, 0.1) is 6.61 Å². The lowest BCUT2D eigenvalue weighted by atomic mass is 10.2. The van der Waals surface area contributed by atoms with Gasteiger partial charge >= 0.3 is 0 Å². The van der Waals surface area contributed by atoms with Crippen molar-refractivity contribution in [2.24, 2.45) is 0 Å². The van der Waals surface area contributed by atoms with Gasteiger partial charge in [-0.1, -0.05) is 42.5 Å². The van der Waals surface area contributed by atoms with Crippen LogP contribution in [0.15, 0.2) is 42.5 Å². The summed E-state index contributed by atoms with van der Waals surface area (Å²) < 4.78 is 5.53. The topological polar surface area (TPSA) is 9.23 Å². The van der Waals surface area contributed by atoms with Crippen molar-refractivity contribution in [1.82, 2.24) is 0 Å². The normalized spacial score (nSPS) is 10.9. The molecule has 0 atom stereocenters. The van der Waals surface area contributed by atoms with E-state index in [4.69, 9.17) is 4.74 Å². The highest BCUT2D eigenvalue weighted by molar-refractivity contribution is 5.13. The molecule has 0 bridgehead atoms. The molecule has 0 unspecified atom stereocenters. The molecular formula is C13H18O. The largest absolute Gasteiger partial charge is 0.377 e. The Kier molecular flexibility index (Phi) is 5.76. The second-order valence-electron chi connectivity index (χ2n) is 3.25. The number of rotatable bonds is 6. The first-order chi connectivity index (χ1) is 6.93. The minimum absolute atomic E-state index is 0.733. The molecule has 0 aliphatic carbocycles. The zero-order valence-corrected chi connectivity index (χ0v) is 8.78. The lowest BCUT2D eigenvalue weighted by Gasteiger charge is -2.02. The Balaban J connectivity index is 2.05. The van der Waals surface area contributed by atoms with Crippen molar-refractivity contribution >= 4 is 0 Å². The number of hydrogen-bond donors (Lipinski definition) is 0. The van der Waals surface area contributed by atoms with Gasteiger partial charge in [0.25, 0.3) is 0 Å². The van der Waals surface area contributed by atoms with Crippen molar-refractivity contribution in [2.45, 2.75) is 26.4 Å². The van der Waals surface area contributed by atoms with Gasteiger partial charge in [-0.05, 0) is 25.3 Å². The van der Waals surface area contributed by atoms with E-state index in [1.807, 2.05) is 25.1 Å². The summed E-state index contributed by atoms with van der Waals surface area (Å²) in [5.74, 6) is 0. The quantitative estimate of drug-likeness (QED) is 0.492. The van der Waals surface area contributed by atoms with Gasteiger partial charge < -0.3 is 4.74 Å². The maximum absolute atomic E-state index is 5.53. The number of unbranched alkanes of at least 4 members (excludes halogenated alkanes) is 1. The first-order valence-corrected chi connectivity index (χ1v) is 5.16. The molecule has 0 spiro atoms. The minimum atomic E-state index is 0.733. The molecule has 0 radical (unpaired) electrons. The summed E-state index contributed by atoms with van der Waals surface area (Å²) >= 11 is 0. The second kappa shape index (κ2) is 7.34. The summed E-state index contributed by atoms with van der Waals surface area (Å²) in [6.07, 6.45) is 6.48. The van der Waals surface area contributed by atoms with E-state index >= 15 is 0 Å². The fourth-order valence-corrected chi connectivity index (χ4v) is 1.23. The fourth-order valence-electron chi connectivity index (χ4n) is 1.23. The summed E-state index contributed by atoms with van der Waals surface area (Å²) in [5, 5.41) is 0. The molecule has 0 N–H and O–H groups in total. The van der Waals surface area contributed by atoms with Crippen molar-refractivity contribution in [3.63, 3.8) is 0 Å². The Morgan fingerprint density at radius 3 is 2.71 bits per heavy atom. The predicted octanol–water partition coefficient (Wildman–Crippen LogP) is 3.56. The molecule has 1 aromatic rings. The van der Waals surface area contributed by atoms with E-state index in [0.717, 1.165) is 26.1 Å². The monoisotopic (exact) mass is 190 g/mol. The van der Waals surface area contributed by atoms with Crippen molar-refractivity contribution in [2.75, 3.05) is 6.61 Å². The molecule has 14 heavy (non-hydrogen) atoms. The van der Waals surface area contributed by atoms with Gasteiger partial charge in [-0.15, -0.1) is 0 Å². The molecule has 0 fully saturated rings. The maximum atomic E-state index is 5.53.